The van der Waals surface area contributed by atoms with Crippen molar-refractivity contribution in [1.82, 2.24) is 9.21 Å². The van der Waals surface area contributed by atoms with Gasteiger partial charge >= 0.3 is 0 Å². The van der Waals surface area contributed by atoms with E-state index in [1.807, 2.05) is 24.3 Å². The molecule has 0 aromatic heterocycles. The van der Waals surface area contributed by atoms with Gasteiger partial charge in [-0.1, -0.05) is 0 Å². The minimum atomic E-state index is -3.20. The Morgan fingerprint density at radius 3 is 2.28 bits per heavy atom. The van der Waals surface area contributed by atoms with Crippen molar-refractivity contribution < 1.29 is 17.9 Å². The molecule has 1 aromatic carbocycles. The highest BCUT2D eigenvalue weighted by molar-refractivity contribution is 7.88. The standard InChI is InChI=1S/C17H25N3O4S/c1-25(22,23)20-8-2-7-19(9-10-20)17(21)15-3-5-16(6-4-15)18-11-13-24-14-12-18/h3-6H,2,7-14H2,1H3. The fourth-order valence-electron chi connectivity index (χ4n) is 3.25. The summed E-state index contributed by atoms with van der Waals surface area (Å²) in [4.78, 5) is 16.7. The molecular weight excluding hydrogens is 342 g/mol. The van der Waals surface area contributed by atoms with Crippen LogP contribution in [0.1, 0.15) is 16.8 Å². The van der Waals surface area contributed by atoms with Crippen molar-refractivity contribution in [3.05, 3.63) is 29.8 Å². The average molecular weight is 367 g/mol. The van der Waals surface area contributed by atoms with Gasteiger partial charge in [0.25, 0.3) is 5.91 Å². The third-order valence-corrected chi connectivity index (χ3v) is 6.00. The van der Waals surface area contributed by atoms with E-state index in [4.69, 9.17) is 4.74 Å². The van der Waals surface area contributed by atoms with Crippen molar-refractivity contribution in [2.24, 2.45) is 0 Å². The first-order valence-corrected chi connectivity index (χ1v) is 10.5. The van der Waals surface area contributed by atoms with Crippen LogP contribution in [0.5, 0.6) is 0 Å². The monoisotopic (exact) mass is 367 g/mol. The van der Waals surface area contributed by atoms with Crippen LogP contribution in [0.2, 0.25) is 0 Å². The lowest BCUT2D eigenvalue weighted by atomic mass is 10.1. The van der Waals surface area contributed by atoms with E-state index >= 15 is 0 Å². The van der Waals surface area contributed by atoms with Gasteiger partial charge in [-0.05, 0) is 30.7 Å². The first-order valence-electron chi connectivity index (χ1n) is 8.62. The zero-order valence-corrected chi connectivity index (χ0v) is 15.4. The van der Waals surface area contributed by atoms with Gasteiger partial charge in [0.1, 0.15) is 0 Å². The van der Waals surface area contributed by atoms with Gasteiger partial charge in [-0.3, -0.25) is 4.79 Å². The average Bonchev–Trinajstić information content (AvgIpc) is 2.88. The Labute approximate surface area is 149 Å². The van der Waals surface area contributed by atoms with Crippen LogP contribution in [-0.4, -0.2) is 82.3 Å². The van der Waals surface area contributed by atoms with Crippen LogP contribution in [0, 0.1) is 0 Å². The van der Waals surface area contributed by atoms with E-state index in [0.717, 1.165) is 32.0 Å². The van der Waals surface area contributed by atoms with Gasteiger partial charge < -0.3 is 14.5 Å². The van der Waals surface area contributed by atoms with Crippen molar-refractivity contribution in [3.63, 3.8) is 0 Å². The predicted octanol–water partition coefficient (Wildman–Crippen LogP) is 0.631. The molecule has 1 aromatic rings. The van der Waals surface area contributed by atoms with Crippen LogP contribution in [0.25, 0.3) is 0 Å². The maximum atomic E-state index is 12.7. The Balaban J connectivity index is 1.64. The molecular formula is C17H25N3O4S. The second-order valence-corrected chi connectivity index (χ2v) is 8.44. The predicted molar refractivity (Wildman–Crippen MR) is 96.4 cm³/mol. The van der Waals surface area contributed by atoms with Crippen LogP contribution < -0.4 is 4.90 Å². The Morgan fingerprint density at radius 1 is 0.960 bits per heavy atom. The second-order valence-electron chi connectivity index (χ2n) is 6.45. The summed E-state index contributed by atoms with van der Waals surface area (Å²) in [5.74, 6) is -0.0381. The van der Waals surface area contributed by atoms with Crippen molar-refractivity contribution >= 4 is 21.6 Å². The molecule has 138 valence electrons. The summed E-state index contributed by atoms with van der Waals surface area (Å²) in [6.45, 7) is 5.01. The van der Waals surface area contributed by atoms with Crippen molar-refractivity contribution in [2.45, 2.75) is 6.42 Å². The maximum Gasteiger partial charge on any atom is 0.253 e. The second kappa shape index (κ2) is 7.72. The zero-order chi connectivity index (χ0) is 17.9. The number of hydrogen-bond acceptors (Lipinski definition) is 5. The van der Waals surface area contributed by atoms with E-state index in [1.165, 1.54) is 10.6 Å². The van der Waals surface area contributed by atoms with Gasteiger partial charge in [0.2, 0.25) is 10.0 Å². The molecule has 1 amide bonds. The smallest absolute Gasteiger partial charge is 0.253 e. The molecule has 2 fully saturated rings. The van der Waals surface area contributed by atoms with Gasteiger partial charge in [0.05, 0.1) is 19.5 Å². The third-order valence-electron chi connectivity index (χ3n) is 4.70. The molecule has 3 rings (SSSR count). The molecule has 2 aliphatic rings. The lowest BCUT2D eigenvalue weighted by Gasteiger charge is -2.29. The SMILES string of the molecule is CS(=O)(=O)N1CCCN(C(=O)c2ccc(N3CCOCC3)cc2)CC1. The molecule has 7 nitrogen and oxygen atoms in total. The molecule has 0 bridgehead atoms. The van der Waals surface area contributed by atoms with E-state index in [2.05, 4.69) is 4.90 Å². The van der Waals surface area contributed by atoms with Gasteiger partial charge in [0, 0.05) is 50.5 Å². The molecule has 0 radical (unpaired) electrons. The minimum absolute atomic E-state index is 0.0381. The van der Waals surface area contributed by atoms with Crippen LogP contribution in [0.3, 0.4) is 0 Å². The molecule has 0 N–H and O–H groups in total. The van der Waals surface area contributed by atoms with E-state index in [1.54, 1.807) is 4.90 Å². The molecule has 2 aliphatic heterocycles. The summed E-state index contributed by atoms with van der Waals surface area (Å²) < 4.78 is 30.2. The van der Waals surface area contributed by atoms with Crippen molar-refractivity contribution in [2.75, 3.05) is 63.6 Å². The van der Waals surface area contributed by atoms with E-state index < -0.39 is 10.0 Å². The Kier molecular flexibility index (Phi) is 5.61. The number of ether oxygens (including phenoxy) is 1. The Hall–Kier alpha value is -1.64. The molecule has 0 saturated carbocycles. The summed E-state index contributed by atoms with van der Waals surface area (Å²) in [6.07, 6.45) is 1.87. The zero-order valence-electron chi connectivity index (χ0n) is 14.6. The first-order chi connectivity index (χ1) is 11.9. The minimum Gasteiger partial charge on any atom is -0.378 e. The van der Waals surface area contributed by atoms with Gasteiger partial charge in [0.15, 0.2) is 0 Å². The first kappa shape index (κ1) is 18.2. The fourth-order valence-corrected chi connectivity index (χ4v) is 4.12. The van der Waals surface area contributed by atoms with E-state index in [0.29, 0.717) is 38.2 Å². The highest BCUT2D eigenvalue weighted by atomic mass is 32.2. The molecule has 2 saturated heterocycles. The van der Waals surface area contributed by atoms with E-state index in [9.17, 15) is 13.2 Å². The molecule has 25 heavy (non-hydrogen) atoms. The summed E-state index contributed by atoms with van der Waals surface area (Å²) in [5, 5.41) is 0. The highest BCUT2D eigenvalue weighted by Gasteiger charge is 2.24. The van der Waals surface area contributed by atoms with Crippen molar-refractivity contribution in [1.29, 1.82) is 0 Å². The number of hydrogen-bond donors (Lipinski definition) is 0. The van der Waals surface area contributed by atoms with Gasteiger partial charge in [-0.25, -0.2) is 12.7 Å². The number of carbonyl (C=O) groups is 1. The summed E-state index contributed by atoms with van der Waals surface area (Å²) in [5.41, 5.74) is 1.74. The number of anilines is 1. The molecule has 0 spiro atoms. The van der Waals surface area contributed by atoms with Crippen LogP contribution in [0.4, 0.5) is 5.69 Å². The number of carbonyl (C=O) groups excluding carboxylic acids is 1. The molecule has 0 atom stereocenters. The number of amides is 1. The maximum absolute atomic E-state index is 12.7. The van der Waals surface area contributed by atoms with Gasteiger partial charge in [-0.15, -0.1) is 0 Å². The highest BCUT2D eigenvalue weighted by Crippen LogP contribution is 2.18. The third kappa shape index (κ3) is 4.50. The summed E-state index contributed by atoms with van der Waals surface area (Å²) in [6, 6.07) is 7.65. The topological polar surface area (TPSA) is 70.2 Å². The number of morpholine rings is 1. The van der Waals surface area contributed by atoms with Gasteiger partial charge in [-0.2, -0.15) is 0 Å². The lowest BCUT2D eigenvalue weighted by molar-refractivity contribution is 0.0764. The summed E-state index contributed by atoms with van der Waals surface area (Å²) >= 11 is 0. The Morgan fingerprint density at radius 2 is 1.64 bits per heavy atom. The van der Waals surface area contributed by atoms with E-state index in [-0.39, 0.29) is 5.91 Å². The Bertz CT molecular complexity index is 699. The number of nitrogens with zero attached hydrogens (tertiary/aromatic N) is 3. The largest absolute Gasteiger partial charge is 0.378 e. The summed E-state index contributed by atoms with van der Waals surface area (Å²) in [7, 11) is -3.20. The van der Waals surface area contributed by atoms with Crippen LogP contribution in [0.15, 0.2) is 24.3 Å². The quantitative estimate of drug-likeness (QED) is 0.784. The fraction of sp³-hybridized carbons (Fsp3) is 0.588. The molecule has 0 aliphatic carbocycles. The number of sulfonamides is 1. The normalized spacial score (nSPS) is 20.4. The van der Waals surface area contributed by atoms with Crippen LogP contribution in [-0.2, 0) is 14.8 Å². The molecule has 0 unspecified atom stereocenters. The lowest BCUT2D eigenvalue weighted by Crippen LogP contribution is -2.37. The molecule has 2 heterocycles. The van der Waals surface area contributed by atoms with Crippen LogP contribution >= 0.6 is 0 Å². The number of benzene rings is 1. The number of rotatable bonds is 3. The molecule has 8 heteroatoms. The van der Waals surface area contributed by atoms with Crippen molar-refractivity contribution in [3.8, 4) is 0 Å².